The van der Waals surface area contributed by atoms with Crippen molar-refractivity contribution in [3.63, 3.8) is 0 Å². The summed E-state index contributed by atoms with van der Waals surface area (Å²) in [5.41, 5.74) is 0.549. The smallest absolute Gasteiger partial charge is 0.354 e. The largest absolute Gasteiger partial charge is 0.416 e. The van der Waals surface area contributed by atoms with E-state index >= 15 is 0 Å². The third kappa shape index (κ3) is 5.71. The molecule has 1 saturated heterocycles. The monoisotopic (exact) mass is 494 g/mol. The first-order valence-electron chi connectivity index (χ1n) is 9.32. The maximum atomic E-state index is 12.8. The average Bonchev–Trinajstić information content (AvgIpc) is 2.72. The molecule has 4 rings (SSSR count). The minimum atomic E-state index is -4.35. The van der Waals surface area contributed by atoms with Gasteiger partial charge in [0.2, 0.25) is 0 Å². The Bertz CT molecular complexity index is 976. The van der Waals surface area contributed by atoms with Crippen molar-refractivity contribution in [2.45, 2.75) is 25.1 Å². The van der Waals surface area contributed by atoms with Crippen molar-refractivity contribution in [1.29, 1.82) is 0 Å². The number of hydrogen-bond acceptors (Lipinski definition) is 4. The summed E-state index contributed by atoms with van der Waals surface area (Å²) in [7, 11) is 1.98. The van der Waals surface area contributed by atoms with E-state index in [9.17, 15) is 13.2 Å². The van der Waals surface area contributed by atoms with Crippen molar-refractivity contribution < 1.29 is 13.2 Å². The predicted molar refractivity (Wildman–Crippen MR) is 126 cm³/mol. The summed E-state index contributed by atoms with van der Waals surface area (Å²) in [6.07, 6.45) is -2.28. The van der Waals surface area contributed by atoms with E-state index in [0.717, 1.165) is 54.7 Å². The number of anilines is 1. The van der Waals surface area contributed by atoms with Crippen LogP contribution in [0.5, 0.6) is 0 Å². The van der Waals surface area contributed by atoms with Gasteiger partial charge in [-0.15, -0.1) is 47.4 Å². The van der Waals surface area contributed by atoms with Gasteiger partial charge in [-0.3, -0.25) is 0 Å². The molecular formula is C21H24Cl3F3N4. The van der Waals surface area contributed by atoms with E-state index in [2.05, 4.69) is 20.4 Å². The summed E-state index contributed by atoms with van der Waals surface area (Å²) in [6.45, 7) is 1.79. The van der Waals surface area contributed by atoms with Gasteiger partial charge < -0.3 is 10.2 Å². The summed E-state index contributed by atoms with van der Waals surface area (Å²) in [5, 5.41) is 14.0. The van der Waals surface area contributed by atoms with E-state index in [1.165, 1.54) is 12.1 Å². The molecular weight excluding hydrogens is 472 g/mol. The van der Waals surface area contributed by atoms with Crippen LogP contribution >= 0.6 is 37.2 Å². The number of nitrogens with zero attached hydrogens (tertiary/aromatic N) is 3. The lowest BCUT2D eigenvalue weighted by molar-refractivity contribution is -0.137. The van der Waals surface area contributed by atoms with Crippen LogP contribution in [0.2, 0.25) is 0 Å². The summed E-state index contributed by atoms with van der Waals surface area (Å²) in [4.78, 5) is 2.24. The zero-order chi connectivity index (χ0) is 19.7. The highest BCUT2D eigenvalue weighted by Gasteiger charge is 2.30. The molecule has 0 radical (unpaired) electrons. The quantitative estimate of drug-likeness (QED) is 0.501. The van der Waals surface area contributed by atoms with E-state index in [1.807, 2.05) is 31.3 Å². The molecule has 0 unspecified atom stereocenters. The van der Waals surface area contributed by atoms with Gasteiger partial charge in [0.15, 0.2) is 5.82 Å². The predicted octanol–water partition coefficient (Wildman–Crippen LogP) is 5.77. The zero-order valence-electron chi connectivity index (χ0n) is 16.7. The van der Waals surface area contributed by atoms with Gasteiger partial charge in [-0.1, -0.05) is 36.4 Å². The lowest BCUT2D eigenvalue weighted by Crippen LogP contribution is -2.41. The number of nitrogens with one attached hydrogen (secondary N) is 1. The summed E-state index contributed by atoms with van der Waals surface area (Å²) >= 11 is 0. The number of piperidine rings is 1. The molecule has 3 aromatic rings. The molecule has 0 atom stereocenters. The molecule has 2 aromatic carbocycles. The number of aromatic nitrogens is 2. The number of rotatable bonds is 3. The van der Waals surface area contributed by atoms with Gasteiger partial charge in [0.25, 0.3) is 0 Å². The van der Waals surface area contributed by atoms with Crippen LogP contribution in [0.15, 0.2) is 48.5 Å². The van der Waals surface area contributed by atoms with Crippen LogP contribution in [-0.4, -0.2) is 36.4 Å². The highest BCUT2D eigenvalue weighted by Crippen LogP contribution is 2.34. The Balaban J connectivity index is 0.00000160. The van der Waals surface area contributed by atoms with Gasteiger partial charge in [0.05, 0.1) is 5.56 Å². The van der Waals surface area contributed by atoms with Crippen molar-refractivity contribution in [3.05, 3.63) is 54.1 Å². The maximum Gasteiger partial charge on any atom is 0.416 e. The van der Waals surface area contributed by atoms with Crippen LogP contribution in [-0.2, 0) is 6.18 Å². The van der Waals surface area contributed by atoms with Crippen molar-refractivity contribution in [1.82, 2.24) is 15.5 Å². The van der Waals surface area contributed by atoms with E-state index in [1.54, 1.807) is 0 Å². The minimum Gasteiger partial charge on any atom is -0.354 e. The fourth-order valence-corrected chi connectivity index (χ4v) is 3.73. The molecule has 0 aliphatic carbocycles. The minimum absolute atomic E-state index is 0. The molecule has 2 heterocycles. The molecule has 31 heavy (non-hydrogen) atoms. The third-order valence-corrected chi connectivity index (χ3v) is 5.36. The van der Waals surface area contributed by atoms with E-state index in [4.69, 9.17) is 0 Å². The van der Waals surface area contributed by atoms with Gasteiger partial charge >= 0.3 is 6.18 Å². The maximum absolute atomic E-state index is 12.8. The highest BCUT2D eigenvalue weighted by atomic mass is 35.5. The van der Waals surface area contributed by atoms with Crippen molar-refractivity contribution >= 4 is 53.8 Å². The molecule has 10 heteroatoms. The highest BCUT2D eigenvalue weighted by molar-refractivity contribution is 6.00. The Kier molecular flexibility index (Phi) is 9.82. The second-order valence-corrected chi connectivity index (χ2v) is 7.04. The number of halogens is 6. The van der Waals surface area contributed by atoms with Crippen LogP contribution < -0.4 is 10.2 Å². The number of alkyl halides is 3. The van der Waals surface area contributed by atoms with E-state index < -0.39 is 11.7 Å². The van der Waals surface area contributed by atoms with Gasteiger partial charge in [-0.05, 0) is 32.0 Å². The molecule has 1 aliphatic rings. The zero-order valence-corrected chi connectivity index (χ0v) is 19.2. The Morgan fingerprint density at radius 3 is 2.00 bits per heavy atom. The van der Waals surface area contributed by atoms with Crippen LogP contribution in [0.3, 0.4) is 0 Å². The fourth-order valence-electron chi connectivity index (χ4n) is 3.73. The van der Waals surface area contributed by atoms with E-state index in [-0.39, 0.29) is 37.2 Å². The Morgan fingerprint density at radius 2 is 1.45 bits per heavy atom. The summed E-state index contributed by atoms with van der Waals surface area (Å²) < 4.78 is 38.5. The Morgan fingerprint density at radius 1 is 0.871 bits per heavy atom. The lowest BCUT2D eigenvalue weighted by Gasteiger charge is -2.33. The van der Waals surface area contributed by atoms with E-state index in [0.29, 0.717) is 17.3 Å². The van der Waals surface area contributed by atoms with Crippen LogP contribution in [0.25, 0.3) is 22.0 Å². The molecule has 0 saturated carbocycles. The van der Waals surface area contributed by atoms with Crippen LogP contribution in [0.4, 0.5) is 19.0 Å². The fraction of sp³-hybridized carbons (Fsp3) is 0.333. The standard InChI is InChI=1S/C21H21F3N4.3ClH/c1-25-16-10-12-28(13-11-16)20-18-5-3-2-4-17(18)19(26-27-20)14-6-8-15(9-7-14)21(22,23)24;;;/h2-9,16,25H,10-13H2,1H3;3*1H. The first-order valence-corrected chi connectivity index (χ1v) is 9.32. The van der Waals surface area contributed by atoms with Crippen LogP contribution in [0.1, 0.15) is 18.4 Å². The molecule has 0 bridgehead atoms. The summed E-state index contributed by atoms with van der Waals surface area (Å²) in [6, 6.07) is 13.4. The summed E-state index contributed by atoms with van der Waals surface area (Å²) in [5.74, 6) is 0.834. The molecule has 170 valence electrons. The van der Waals surface area contributed by atoms with Crippen molar-refractivity contribution in [3.8, 4) is 11.3 Å². The second-order valence-electron chi connectivity index (χ2n) is 7.04. The first-order chi connectivity index (χ1) is 13.5. The third-order valence-electron chi connectivity index (χ3n) is 5.36. The molecule has 1 aliphatic heterocycles. The SMILES string of the molecule is CNC1CCN(c2nnc(-c3ccc(C(F)(F)F)cc3)c3ccccc23)CC1.Cl.Cl.Cl. The topological polar surface area (TPSA) is 41.0 Å². The van der Waals surface area contributed by atoms with Crippen molar-refractivity contribution in [2.75, 3.05) is 25.0 Å². The number of fused-ring (bicyclic) bond motifs is 1. The molecule has 4 nitrogen and oxygen atoms in total. The Labute approximate surface area is 197 Å². The van der Waals surface area contributed by atoms with Gasteiger partial charge in [-0.25, -0.2) is 0 Å². The molecule has 1 aromatic heterocycles. The first kappa shape index (κ1) is 27.2. The van der Waals surface area contributed by atoms with Gasteiger partial charge in [0, 0.05) is 35.5 Å². The average molecular weight is 496 g/mol. The molecule has 0 amide bonds. The van der Waals surface area contributed by atoms with Gasteiger partial charge in [-0.2, -0.15) is 13.2 Å². The van der Waals surface area contributed by atoms with Crippen molar-refractivity contribution in [2.24, 2.45) is 0 Å². The molecule has 0 spiro atoms. The van der Waals surface area contributed by atoms with Crippen LogP contribution in [0, 0.1) is 0 Å². The second kappa shape index (κ2) is 11.2. The van der Waals surface area contributed by atoms with Gasteiger partial charge in [0.1, 0.15) is 5.69 Å². The number of benzene rings is 2. The normalized spacial score (nSPS) is 14.4. The molecule has 1 N–H and O–H groups in total. The number of hydrogen-bond donors (Lipinski definition) is 1. The Hall–Kier alpha value is -1.80. The lowest BCUT2D eigenvalue weighted by atomic mass is 10.0. The molecule has 1 fully saturated rings.